The molecule has 1 fully saturated rings. The van der Waals surface area contributed by atoms with Crippen LogP contribution in [0.3, 0.4) is 0 Å². The van der Waals surface area contributed by atoms with Crippen molar-refractivity contribution in [3.05, 3.63) is 0 Å². The Morgan fingerprint density at radius 2 is 2.14 bits per heavy atom. The van der Waals surface area contributed by atoms with E-state index >= 15 is 0 Å². The van der Waals surface area contributed by atoms with E-state index in [0.29, 0.717) is 6.42 Å². The van der Waals surface area contributed by atoms with Crippen LogP contribution < -0.4 is 10.6 Å². The van der Waals surface area contributed by atoms with Crippen LogP contribution in [0.25, 0.3) is 0 Å². The number of hydrogen-bond acceptors (Lipinski definition) is 2. The lowest BCUT2D eigenvalue weighted by atomic mass is 9.93. The van der Waals surface area contributed by atoms with Crippen LogP contribution >= 0.6 is 0 Å². The van der Waals surface area contributed by atoms with Crippen LogP contribution in [0.15, 0.2) is 0 Å². The third-order valence-corrected chi connectivity index (χ3v) is 2.45. The molecular weight excluding hydrogens is 184 g/mol. The molecule has 0 aromatic heterocycles. The Bertz CT molecular complexity index is 226. The molecule has 0 bridgehead atoms. The second-order valence-corrected chi connectivity index (χ2v) is 3.54. The molecule has 0 aromatic carbocycles. The Kier molecular flexibility index (Phi) is 3.73. The Balaban J connectivity index is 2.26. The summed E-state index contributed by atoms with van der Waals surface area (Å²) in [6.45, 7) is 1.72. The van der Waals surface area contributed by atoms with Gasteiger partial charge in [0.2, 0.25) is 0 Å². The van der Waals surface area contributed by atoms with Crippen molar-refractivity contribution in [3.8, 4) is 0 Å². The Morgan fingerprint density at radius 3 is 2.50 bits per heavy atom. The van der Waals surface area contributed by atoms with Gasteiger partial charge in [0.25, 0.3) is 0 Å². The Hall–Kier alpha value is -1.26. The van der Waals surface area contributed by atoms with E-state index in [9.17, 15) is 9.59 Å². The van der Waals surface area contributed by atoms with Crippen LogP contribution in [0.2, 0.25) is 0 Å². The fourth-order valence-electron chi connectivity index (χ4n) is 1.28. The zero-order valence-corrected chi connectivity index (χ0v) is 8.25. The molecule has 1 atom stereocenters. The quantitative estimate of drug-likeness (QED) is 0.625. The maximum Gasteiger partial charge on any atom is 0.326 e. The molecule has 0 radical (unpaired) electrons. The van der Waals surface area contributed by atoms with Gasteiger partial charge in [0.1, 0.15) is 6.04 Å². The molecule has 80 valence electrons. The van der Waals surface area contributed by atoms with Crippen molar-refractivity contribution in [1.29, 1.82) is 0 Å². The van der Waals surface area contributed by atoms with E-state index in [1.54, 1.807) is 6.92 Å². The summed E-state index contributed by atoms with van der Waals surface area (Å²) in [5, 5.41) is 13.8. The molecule has 1 rings (SSSR count). The third kappa shape index (κ3) is 2.90. The van der Waals surface area contributed by atoms with Crippen molar-refractivity contribution >= 4 is 12.0 Å². The van der Waals surface area contributed by atoms with Crippen LogP contribution in [0.1, 0.15) is 32.6 Å². The number of aliphatic carboxylic acids is 1. The number of carboxylic acids is 1. The van der Waals surface area contributed by atoms with Gasteiger partial charge >= 0.3 is 12.0 Å². The predicted octanol–water partition coefficient (Wildman–Crippen LogP) is 0.701. The minimum atomic E-state index is -0.990. The van der Waals surface area contributed by atoms with Gasteiger partial charge in [-0.15, -0.1) is 0 Å². The first kappa shape index (κ1) is 10.8. The average molecular weight is 200 g/mol. The van der Waals surface area contributed by atoms with Gasteiger partial charge in [-0.1, -0.05) is 6.92 Å². The van der Waals surface area contributed by atoms with Crippen LogP contribution in [-0.2, 0) is 4.79 Å². The van der Waals surface area contributed by atoms with Gasteiger partial charge in [-0.25, -0.2) is 9.59 Å². The number of urea groups is 1. The van der Waals surface area contributed by atoms with Crippen LogP contribution in [0, 0.1) is 0 Å². The summed E-state index contributed by atoms with van der Waals surface area (Å²) in [5.74, 6) is -0.990. The van der Waals surface area contributed by atoms with E-state index in [1.165, 1.54) is 0 Å². The van der Waals surface area contributed by atoms with E-state index in [-0.39, 0.29) is 12.1 Å². The molecule has 0 heterocycles. The largest absolute Gasteiger partial charge is 0.480 e. The van der Waals surface area contributed by atoms with E-state index in [2.05, 4.69) is 10.6 Å². The van der Waals surface area contributed by atoms with E-state index in [0.717, 1.165) is 19.3 Å². The number of rotatable bonds is 4. The Morgan fingerprint density at radius 1 is 1.50 bits per heavy atom. The van der Waals surface area contributed by atoms with E-state index in [1.807, 2.05) is 0 Å². The van der Waals surface area contributed by atoms with Gasteiger partial charge in [-0.2, -0.15) is 0 Å². The minimum Gasteiger partial charge on any atom is -0.480 e. The van der Waals surface area contributed by atoms with Crippen molar-refractivity contribution in [3.63, 3.8) is 0 Å². The molecular formula is C9H16N2O3. The number of carbonyl (C=O) groups excluding carboxylic acids is 1. The van der Waals surface area contributed by atoms with Gasteiger partial charge in [0, 0.05) is 6.04 Å². The summed E-state index contributed by atoms with van der Waals surface area (Å²) in [6, 6.07) is -0.916. The lowest BCUT2D eigenvalue weighted by molar-refractivity contribution is -0.139. The zero-order valence-electron chi connectivity index (χ0n) is 8.25. The summed E-state index contributed by atoms with van der Waals surface area (Å²) in [4.78, 5) is 21.8. The highest BCUT2D eigenvalue weighted by atomic mass is 16.4. The first-order valence-electron chi connectivity index (χ1n) is 4.93. The number of hydrogen-bond donors (Lipinski definition) is 3. The van der Waals surface area contributed by atoms with Crippen molar-refractivity contribution in [2.24, 2.45) is 0 Å². The molecule has 0 aromatic rings. The van der Waals surface area contributed by atoms with Gasteiger partial charge < -0.3 is 15.7 Å². The summed E-state index contributed by atoms with van der Waals surface area (Å²) in [6.07, 6.45) is 3.53. The third-order valence-electron chi connectivity index (χ3n) is 2.45. The molecule has 1 aliphatic rings. The normalized spacial score (nSPS) is 18.1. The summed E-state index contributed by atoms with van der Waals surface area (Å²) in [5.41, 5.74) is 0. The summed E-state index contributed by atoms with van der Waals surface area (Å²) < 4.78 is 0. The summed E-state index contributed by atoms with van der Waals surface area (Å²) in [7, 11) is 0. The Labute approximate surface area is 82.9 Å². The monoisotopic (exact) mass is 200 g/mol. The molecule has 1 aliphatic carbocycles. The zero-order chi connectivity index (χ0) is 10.6. The van der Waals surface area contributed by atoms with Gasteiger partial charge in [0.15, 0.2) is 0 Å². The molecule has 2 amide bonds. The fourth-order valence-corrected chi connectivity index (χ4v) is 1.28. The minimum absolute atomic E-state index is 0.237. The maximum atomic E-state index is 11.2. The standard InChI is InChI=1S/C9H16N2O3/c1-2-7(8(12)13)11-9(14)10-6-4-3-5-6/h6-7H,2-5H2,1H3,(H,12,13)(H2,10,11,14)/t7-/m0/s1. The van der Waals surface area contributed by atoms with Gasteiger partial charge in [-0.3, -0.25) is 0 Å². The van der Waals surface area contributed by atoms with Crippen LogP contribution in [0.4, 0.5) is 4.79 Å². The number of nitrogens with one attached hydrogen (secondary N) is 2. The second-order valence-electron chi connectivity index (χ2n) is 3.54. The average Bonchev–Trinajstić information content (AvgIpc) is 2.07. The molecule has 0 saturated heterocycles. The second kappa shape index (κ2) is 4.83. The number of carboxylic acid groups (broad SMARTS) is 1. The smallest absolute Gasteiger partial charge is 0.326 e. The molecule has 0 unspecified atom stereocenters. The lowest BCUT2D eigenvalue weighted by Gasteiger charge is -2.27. The topological polar surface area (TPSA) is 78.4 Å². The first-order chi connectivity index (χ1) is 6.63. The molecule has 5 nitrogen and oxygen atoms in total. The van der Waals surface area contributed by atoms with Gasteiger partial charge in [0.05, 0.1) is 0 Å². The van der Waals surface area contributed by atoms with Gasteiger partial charge in [-0.05, 0) is 25.7 Å². The van der Waals surface area contributed by atoms with Crippen LogP contribution in [0.5, 0.6) is 0 Å². The SMILES string of the molecule is CC[C@H](NC(=O)NC1CCC1)C(=O)O. The van der Waals surface area contributed by atoms with Crippen molar-refractivity contribution < 1.29 is 14.7 Å². The lowest BCUT2D eigenvalue weighted by Crippen LogP contribution is -2.50. The molecule has 14 heavy (non-hydrogen) atoms. The highest BCUT2D eigenvalue weighted by Crippen LogP contribution is 2.17. The predicted molar refractivity (Wildman–Crippen MR) is 51.0 cm³/mol. The number of amides is 2. The van der Waals surface area contributed by atoms with Crippen molar-refractivity contribution in [2.45, 2.75) is 44.7 Å². The molecule has 3 N–H and O–H groups in total. The number of carbonyl (C=O) groups is 2. The fraction of sp³-hybridized carbons (Fsp3) is 0.778. The highest BCUT2D eigenvalue weighted by Gasteiger charge is 2.22. The molecule has 5 heteroatoms. The highest BCUT2D eigenvalue weighted by molar-refractivity contribution is 5.82. The van der Waals surface area contributed by atoms with E-state index < -0.39 is 12.0 Å². The summed E-state index contributed by atoms with van der Waals surface area (Å²) >= 11 is 0. The molecule has 0 spiro atoms. The van der Waals surface area contributed by atoms with Crippen molar-refractivity contribution in [2.75, 3.05) is 0 Å². The molecule has 1 saturated carbocycles. The first-order valence-corrected chi connectivity index (χ1v) is 4.93. The maximum absolute atomic E-state index is 11.2. The van der Waals surface area contributed by atoms with Crippen molar-refractivity contribution in [1.82, 2.24) is 10.6 Å². The molecule has 0 aliphatic heterocycles. The van der Waals surface area contributed by atoms with E-state index in [4.69, 9.17) is 5.11 Å². The van der Waals surface area contributed by atoms with Crippen LogP contribution in [-0.4, -0.2) is 29.2 Å².